The minimum atomic E-state index is -0.104. The number of esters is 1. The molecule has 0 heterocycles. The van der Waals surface area contributed by atoms with Gasteiger partial charge in [-0.05, 0) is 50.0 Å². The molecule has 118 valence electrons. The summed E-state index contributed by atoms with van der Waals surface area (Å²) in [7, 11) is 0. The number of hydrogen-bond donors (Lipinski definition) is 1. The molecule has 0 amide bonds. The summed E-state index contributed by atoms with van der Waals surface area (Å²) in [6.45, 7) is 14.8. The average Bonchev–Trinajstić information content (AvgIpc) is 2.22. The Morgan fingerprint density at radius 3 is 2.05 bits per heavy atom. The molecule has 0 unspecified atom stereocenters. The predicted molar refractivity (Wildman–Crippen MR) is 83.7 cm³/mol. The van der Waals surface area contributed by atoms with Crippen LogP contribution in [0.2, 0.25) is 0 Å². The lowest BCUT2D eigenvalue weighted by atomic mass is 9.57. The Labute approximate surface area is 124 Å². The molecule has 1 N–H and O–H groups in total. The fraction of sp³-hybridized carbons (Fsp3) is 0.941. The Hall–Kier alpha value is -0.570. The summed E-state index contributed by atoms with van der Waals surface area (Å²) in [4.78, 5) is 12.0. The third-order valence-electron chi connectivity index (χ3n) is 4.13. The van der Waals surface area contributed by atoms with Gasteiger partial charge in [0.25, 0.3) is 0 Å². The van der Waals surface area contributed by atoms with Gasteiger partial charge in [-0.25, -0.2) is 0 Å². The Balaban J connectivity index is 2.93. The molecule has 0 spiro atoms. The number of nitrogens with one attached hydrogen (secondary N) is 1. The Morgan fingerprint density at radius 1 is 1.05 bits per heavy atom. The number of carbonyl (C=O) groups is 1. The number of rotatable bonds is 6. The zero-order chi connectivity index (χ0) is 15.4. The zero-order valence-electron chi connectivity index (χ0n) is 14.3. The molecule has 0 saturated heterocycles. The quantitative estimate of drug-likeness (QED) is 0.751. The van der Waals surface area contributed by atoms with Crippen molar-refractivity contribution in [2.45, 2.75) is 79.2 Å². The summed E-state index contributed by atoms with van der Waals surface area (Å²) < 4.78 is 5.21. The van der Waals surface area contributed by atoms with Crippen molar-refractivity contribution >= 4 is 5.97 Å². The predicted octanol–water partition coefficient (Wildman–Crippen LogP) is 3.91. The Morgan fingerprint density at radius 2 is 1.60 bits per heavy atom. The fourth-order valence-corrected chi connectivity index (χ4v) is 4.51. The van der Waals surface area contributed by atoms with E-state index in [-0.39, 0.29) is 22.3 Å². The first kappa shape index (κ1) is 17.5. The highest BCUT2D eigenvalue weighted by Gasteiger charge is 2.48. The highest BCUT2D eigenvalue weighted by molar-refractivity contribution is 5.71. The van der Waals surface area contributed by atoms with Gasteiger partial charge < -0.3 is 10.1 Å². The third-order valence-corrected chi connectivity index (χ3v) is 4.13. The molecule has 1 saturated carbocycles. The van der Waals surface area contributed by atoms with Gasteiger partial charge in [0.2, 0.25) is 0 Å². The van der Waals surface area contributed by atoms with Crippen LogP contribution >= 0.6 is 0 Å². The SMILES string of the molecule is CCCNC1(CC(=O)OCC)CC(C)(C)CC(C)(C)C1. The lowest BCUT2D eigenvalue weighted by Gasteiger charge is -2.52. The van der Waals surface area contributed by atoms with Gasteiger partial charge in [-0.3, -0.25) is 4.79 Å². The van der Waals surface area contributed by atoms with Gasteiger partial charge in [-0.15, -0.1) is 0 Å². The van der Waals surface area contributed by atoms with Crippen molar-refractivity contribution in [3.63, 3.8) is 0 Å². The smallest absolute Gasteiger partial charge is 0.307 e. The van der Waals surface area contributed by atoms with Gasteiger partial charge in [-0.2, -0.15) is 0 Å². The zero-order valence-corrected chi connectivity index (χ0v) is 14.3. The van der Waals surface area contributed by atoms with E-state index in [0.29, 0.717) is 13.0 Å². The monoisotopic (exact) mass is 283 g/mol. The first-order valence-electron chi connectivity index (χ1n) is 8.04. The van der Waals surface area contributed by atoms with E-state index in [1.165, 1.54) is 6.42 Å². The van der Waals surface area contributed by atoms with Gasteiger partial charge in [0, 0.05) is 5.54 Å². The molecule has 3 nitrogen and oxygen atoms in total. The van der Waals surface area contributed by atoms with Gasteiger partial charge >= 0.3 is 5.97 Å². The maximum atomic E-state index is 12.0. The number of hydrogen-bond acceptors (Lipinski definition) is 3. The summed E-state index contributed by atoms with van der Waals surface area (Å²) in [6.07, 6.45) is 4.88. The van der Waals surface area contributed by atoms with E-state index >= 15 is 0 Å². The molecule has 0 atom stereocenters. The van der Waals surface area contributed by atoms with Crippen LogP contribution in [0.3, 0.4) is 0 Å². The van der Waals surface area contributed by atoms with E-state index in [4.69, 9.17) is 4.74 Å². The molecule has 0 aliphatic heterocycles. The first-order chi connectivity index (χ1) is 9.14. The second-order valence-corrected chi connectivity index (χ2v) is 8.05. The molecule has 3 heteroatoms. The summed E-state index contributed by atoms with van der Waals surface area (Å²) in [5, 5.41) is 3.68. The molecule has 1 fully saturated rings. The highest BCUT2D eigenvalue weighted by Crippen LogP contribution is 2.51. The highest BCUT2D eigenvalue weighted by atomic mass is 16.5. The maximum Gasteiger partial charge on any atom is 0.307 e. The van der Waals surface area contributed by atoms with Crippen LogP contribution in [0.25, 0.3) is 0 Å². The molecule has 0 aromatic heterocycles. The minimum Gasteiger partial charge on any atom is -0.466 e. The van der Waals surface area contributed by atoms with Crippen LogP contribution in [0.15, 0.2) is 0 Å². The van der Waals surface area contributed by atoms with Gasteiger partial charge in [-0.1, -0.05) is 34.6 Å². The Kier molecular flexibility index (Phi) is 5.65. The second kappa shape index (κ2) is 6.46. The normalized spacial score (nSPS) is 23.3. The summed E-state index contributed by atoms with van der Waals surface area (Å²) in [5.41, 5.74) is 0.414. The lowest BCUT2D eigenvalue weighted by Crippen LogP contribution is -2.56. The number of carbonyl (C=O) groups excluding carboxylic acids is 1. The van der Waals surface area contributed by atoms with Crippen LogP contribution in [-0.4, -0.2) is 24.7 Å². The second-order valence-electron chi connectivity index (χ2n) is 8.05. The summed E-state index contributed by atoms with van der Waals surface area (Å²) >= 11 is 0. The van der Waals surface area contributed by atoms with Crippen LogP contribution < -0.4 is 5.32 Å². The molecular formula is C17H33NO2. The Bertz CT molecular complexity index is 318. The van der Waals surface area contributed by atoms with Crippen molar-refractivity contribution in [1.82, 2.24) is 5.32 Å². The van der Waals surface area contributed by atoms with Crippen molar-refractivity contribution in [2.24, 2.45) is 10.8 Å². The van der Waals surface area contributed by atoms with Crippen molar-refractivity contribution in [1.29, 1.82) is 0 Å². The lowest BCUT2D eigenvalue weighted by molar-refractivity contribution is -0.146. The van der Waals surface area contributed by atoms with E-state index in [0.717, 1.165) is 25.8 Å². The molecular weight excluding hydrogens is 250 g/mol. The summed E-state index contributed by atoms with van der Waals surface area (Å²) in [5.74, 6) is -0.0652. The molecule has 0 aromatic carbocycles. The van der Waals surface area contributed by atoms with Crippen LogP contribution in [0.1, 0.15) is 73.6 Å². The van der Waals surface area contributed by atoms with Crippen LogP contribution in [0.5, 0.6) is 0 Å². The van der Waals surface area contributed by atoms with Crippen molar-refractivity contribution < 1.29 is 9.53 Å². The van der Waals surface area contributed by atoms with Gasteiger partial charge in [0.05, 0.1) is 13.0 Å². The van der Waals surface area contributed by atoms with Crippen LogP contribution in [0, 0.1) is 10.8 Å². The van der Waals surface area contributed by atoms with Gasteiger partial charge in [0.15, 0.2) is 0 Å². The van der Waals surface area contributed by atoms with Crippen molar-refractivity contribution in [2.75, 3.05) is 13.2 Å². The molecule has 1 rings (SSSR count). The third kappa shape index (κ3) is 5.08. The topological polar surface area (TPSA) is 38.3 Å². The first-order valence-corrected chi connectivity index (χ1v) is 8.04. The minimum absolute atomic E-state index is 0.0652. The van der Waals surface area contributed by atoms with E-state index in [1.54, 1.807) is 0 Å². The molecule has 0 aromatic rings. The molecule has 0 bridgehead atoms. The van der Waals surface area contributed by atoms with Crippen LogP contribution in [0.4, 0.5) is 0 Å². The van der Waals surface area contributed by atoms with E-state index < -0.39 is 0 Å². The summed E-state index contributed by atoms with van der Waals surface area (Å²) in [6, 6.07) is 0. The number of ether oxygens (including phenoxy) is 1. The largest absolute Gasteiger partial charge is 0.466 e. The van der Waals surface area contributed by atoms with Gasteiger partial charge in [0.1, 0.15) is 0 Å². The molecule has 1 aliphatic carbocycles. The van der Waals surface area contributed by atoms with Crippen molar-refractivity contribution in [3.05, 3.63) is 0 Å². The van der Waals surface area contributed by atoms with E-state index in [2.05, 4.69) is 39.9 Å². The average molecular weight is 283 g/mol. The standard InChI is InChI=1S/C17H33NO2/c1-7-9-18-17(10-14(19)20-8-2)12-15(3,4)11-16(5,6)13-17/h18H,7-13H2,1-6H3. The maximum absolute atomic E-state index is 12.0. The fourth-order valence-electron chi connectivity index (χ4n) is 4.51. The van der Waals surface area contributed by atoms with E-state index in [9.17, 15) is 4.79 Å². The molecule has 1 aliphatic rings. The van der Waals surface area contributed by atoms with Crippen molar-refractivity contribution in [3.8, 4) is 0 Å². The molecule has 20 heavy (non-hydrogen) atoms. The van der Waals surface area contributed by atoms with Crippen LogP contribution in [-0.2, 0) is 9.53 Å². The van der Waals surface area contributed by atoms with E-state index in [1.807, 2.05) is 6.92 Å². The molecule has 0 radical (unpaired) electrons.